The van der Waals surface area contributed by atoms with Crippen LogP contribution >= 0.6 is 23.2 Å². The first-order valence-electron chi connectivity index (χ1n) is 10.1. The largest absolute Gasteiger partial charge is 0.360 e. The Hall–Kier alpha value is -3.16. The molecule has 1 fully saturated rings. The van der Waals surface area contributed by atoms with Crippen molar-refractivity contribution in [3.05, 3.63) is 75.3 Å². The molecule has 0 N–H and O–H groups in total. The number of likely N-dealkylation sites (tertiary alicyclic amines) is 1. The maximum Gasteiger partial charge on any atom is 0.260 e. The smallest absolute Gasteiger partial charge is 0.260 e. The summed E-state index contributed by atoms with van der Waals surface area (Å²) >= 11 is 12.6. The average Bonchev–Trinajstić information content (AvgIpc) is 3.36. The number of benzene rings is 2. The molecule has 1 atom stereocenters. The summed E-state index contributed by atoms with van der Waals surface area (Å²) in [5.74, 6) is 1.04. The average molecular weight is 469 g/mol. The Morgan fingerprint density at radius 3 is 2.50 bits per heavy atom. The lowest BCUT2D eigenvalue weighted by atomic mass is 9.98. The summed E-state index contributed by atoms with van der Waals surface area (Å²) in [6.07, 6.45) is 0.716. The van der Waals surface area contributed by atoms with Gasteiger partial charge in [0.1, 0.15) is 23.1 Å². The Labute approximate surface area is 193 Å². The Bertz CT molecular complexity index is 1330. The van der Waals surface area contributed by atoms with E-state index in [-0.39, 0.29) is 11.9 Å². The van der Waals surface area contributed by atoms with E-state index in [0.29, 0.717) is 57.3 Å². The summed E-state index contributed by atoms with van der Waals surface area (Å²) in [5, 5.41) is 9.33. The van der Waals surface area contributed by atoms with Crippen molar-refractivity contribution in [3.63, 3.8) is 0 Å². The van der Waals surface area contributed by atoms with Crippen molar-refractivity contribution >= 4 is 29.1 Å². The van der Waals surface area contributed by atoms with Crippen molar-refractivity contribution in [3.8, 4) is 22.6 Å². The van der Waals surface area contributed by atoms with E-state index in [4.69, 9.17) is 32.2 Å². The Morgan fingerprint density at radius 2 is 1.75 bits per heavy atom. The van der Waals surface area contributed by atoms with E-state index < -0.39 is 0 Å². The van der Waals surface area contributed by atoms with E-state index in [9.17, 15) is 4.79 Å². The minimum atomic E-state index is -0.323. The molecule has 2 aromatic heterocycles. The zero-order chi connectivity index (χ0) is 22.4. The molecule has 1 aliphatic rings. The van der Waals surface area contributed by atoms with E-state index in [0.717, 1.165) is 11.1 Å². The molecule has 32 heavy (non-hydrogen) atoms. The summed E-state index contributed by atoms with van der Waals surface area (Å²) < 4.78 is 10.9. The van der Waals surface area contributed by atoms with Gasteiger partial charge in [-0.25, -0.2) is 0 Å². The molecule has 4 aromatic rings. The predicted molar refractivity (Wildman–Crippen MR) is 120 cm³/mol. The van der Waals surface area contributed by atoms with Gasteiger partial charge in [-0.1, -0.05) is 63.8 Å². The van der Waals surface area contributed by atoms with Crippen LogP contribution in [0.1, 0.15) is 40.0 Å². The van der Waals surface area contributed by atoms with Crippen LogP contribution in [0.25, 0.3) is 22.6 Å². The fourth-order valence-corrected chi connectivity index (χ4v) is 4.22. The van der Waals surface area contributed by atoms with E-state index >= 15 is 0 Å². The second-order valence-electron chi connectivity index (χ2n) is 7.61. The van der Waals surface area contributed by atoms with E-state index in [2.05, 4.69) is 15.3 Å². The minimum absolute atomic E-state index is 0.214. The summed E-state index contributed by atoms with van der Waals surface area (Å²) in [6, 6.07) is 12.4. The number of carbonyl (C=O) groups is 1. The van der Waals surface area contributed by atoms with Crippen molar-refractivity contribution in [2.24, 2.45) is 0 Å². The van der Waals surface area contributed by atoms with Crippen LogP contribution in [0.4, 0.5) is 0 Å². The van der Waals surface area contributed by atoms with Gasteiger partial charge in [0, 0.05) is 22.7 Å². The Kier molecular flexibility index (Phi) is 5.23. The molecule has 5 rings (SSSR count). The van der Waals surface area contributed by atoms with Crippen molar-refractivity contribution in [2.45, 2.75) is 26.3 Å². The molecular weight excluding hydrogens is 451 g/mol. The molecule has 7 nitrogen and oxygen atoms in total. The van der Waals surface area contributed by atoms with Gasteiger partial charge >= 0.3 is 0 Å². The van der Waals surface area contributed by atoms with Crippen molar-refractivity contribution < 1.29 is 13.8 Å². The van der Waals surface area contributed by atoms with Gasteiger partial charge in [-0.3, -0.25) is 4.79 Å². The van der Waals surface area contributed by atoms with Gasteiger partial charge in [-0.15, -0.1) is 0 Å². The summed E-state index contributed by atoms with van der Waals surface area (Å²) in [7, 11) is 0. The maximum absolute atomic E-state index is 13.4. The number of carbonyl (C=O) groups excluding carboxylic acids is 1. The third-order valence-corrected chi connectivity index (χ3v) is 6.46. The van der Waals surface area contributed by atoms with E-state index in [1.807, 2.05) is 43.3 Å². The first-order valence-corrected chi connectivity index (χ1v) is 10.8. The molecule has 0 unspecified atom stereocenters. The molecule has 1 saturated heterocycles. The number of halogens is 2. The van der Waals surface area contributed by atoms with Crippen LogP contribution in [-0.4, -0.2) is 32.6 Å². The molecule has 0 radical (unpaired) electrons. The van der Waals surface area contributed by atoms with Gasteiger partial charge in [-0.05, 0) is 38.0 Å². The fraction of sp³-hybridized carbons (Fsp3) is 0.217. The van der Waals surface area contributed by atoms with Gasteiger partial charge < -0.3 is 13.9 Å². The molecule has 0 bridgehead atoms. The number of nitrogens with zero attached hydrogens (tertiary/aromatic N) is 4. The highest BCUT2D eigenvalue weighted by molar-refractivity contribution is 6.33. The molecule has 1 aliphatic heterocycles. The van der Waals surface area contributed by atoms with Crippen molar-refractivity contribution in [1.29, 1.82) is 0 Å². The molecule has 162 valence electrons. The molecule has 1 amide bonds. The van der Waals surface area contributed by atoms with Gasteiger partial charge in [0.15, 0.2) is 0 Å². The van der Waals surface area contributed by atoms with Gasteiger partial charge in [0.05, 0.1) is 5.02 Å². The van der Waals surface area contributed by atoms with Crippen LogP contribution < -0.4 is 0 Å². The first kappa shape index (κ1) is 20.7. The van der Waals surface area contributed by atoms with Crippen molar-refractivity contribution in [2.75, 3.05) is 6.54 Å². The monoisotopic (exact) mass is 468 g/mol. The molecule has 2 aromatic carbocycles. The van der Waals surface area contributed by atoms with Crippen LogP contribution in [0.5, 0.6) is 0 Å². The van der Waals surface area contributed by atoms with Gasteiger partial charge in [-0.2, -0.15) is 4.98 Å². The Balaban J connectivity index is 1.45. The molecular formula is C23H18Cl2N4O3. The normalized spacial score (nSPS) is 15.6. The zero-order valence-corrected chi connectivity index (χ0v) is 18.8. The fourth-order valence-electron chi connectivity index (χ4n) is 3.82. The quantitative estimate of drug-likeness (QED) is 0.370. The van der Waals surface area contributed by atoms with E-state index in [1.54, 1.807) is 17.9 Å². The van der Waals surface area contributed by atoms with Crippen LogP contribution in [0.15, 0.2) is 51.5 Å². The second-order valence-corrected chi connectivity index (χ2v) is 8.43. The van der Waals surface area contributed by atoms with Crippen LogP contribution in [-0.2, 0) is 0 Å². The molecule has 0 spiro atoms. The summed E-state index contributed by atoms with van der Waals surface area (Å²) in [6.45, 7) is 4.17. The second kappa shape index (κ2) is 8.07. The summed E-state index contributed by atoms with van der Waals surface area (Å²) in [5.41, 5.74) is 3.11. The lowest BCUT2D eigenvalue weighted by Gasteiger charge is -2.38. The number of hydrogen-bond acceptors (Lipinski definition) is 6. The highest BCUT2D eigenvalue weighted by Crippen LogP contribution is 2.38. The number of aryl methyl sites for hydroxylation is 1. The number of rotatable bonds is 4. The highest BCUT2D eigenvalue weighted by atomic mass is 35.5. The van der Waals surface area contributed by atoms with Crippen LogP contribution in [0.2, 0.25) is 10.0 Å². The standard InChI is InChI=1S/C23H18Cl2N4O3/c1-12-14(7-5-9-16(12)24)21-26-22(32-28-21)18-10-11-29(18)23(30)19-13(2)31-27-20(19)15-6-3-4-8-17(15)25/h3-9,18H,10-11H2,1-2H3/t18-/m0/s1. The predicted octanol–water partition coefficient (Wildman–Crippen LogP) is 5.90. The number of aromatic nitrogens is 3. The topological polar surface area (TPSA) is 85.3 Å². The molecule has 0 aliphatic carbocycles. The van der Waals surface area contributed by atoms with Gasteiger partial charge in [0.2, 0.25) is 11.7 Å². The number of amides is 1. The zero-order valence-electron chi connectivity index (χ0n) is 17.3. The maximum atomic E-state index is 13.4. The number of hydrogen-bond donors (Lipinski definition) is 0. The molecule has 3 heterocycles. The first-order chi connectivity index (χ1) is 15.5. The van der Waals surface area contributed by atoms with E-state index in [1.165, 1.54) is 0 Å². The van der Waals surface area contributed by atoms with Crippen molar-refractivity contribution in [1.82, 2.24) is 20.2 Å². The summed E-state index contributed by atoms with van der Waals surface area (Å²) in [4.78, 5) is 19.7. The van der Waals surface area contributed by atoms with Gasteiger partial charge in [0.25, 0.3) is 5.91 Å². The SMILES string of the molecule is Cc1onc(-c2ccccc2Cl)c1C(=O)N1CC[C@H]1c1nc(-c2cccc(Cl)c2C)no1. The third kappa shape index (κ3) is 3.38. The molecule has 0 saturated carbocycles. The van der Waals surface area contributed by atoms with Crippen LogP contribution in [0, 0.1) is 13.8 Å². The Morgan fingerprint density at radius 1 is 1.00 bits per heavy atom. The minimum Gasteiger partial charge on any atom is -0.360 e. The van der Waals surface area contributed by atoms with Crippen LogP contribution in [0.3, 0.4) is 0 Å². The third-order valence-electron chi connectivity index (χ3n) is 5.72. The highest BCUT2D eigenvalue weighted by Gasteiger charge is 2.40. The molecule has 9 heteroatoms. The lowest BCUT2D eigenvalue weighted by molar-refractivity contribution is 0.0377. The lowest BCUT2D eigenvalue weighted by Crippen LogP contribution is -2.45.